The predicted molar refractivity (Wildman–Crippen MR) is 79.6 cm³/mol. The molecule has 0 aromatic heterocycles. The molecular formula is C12H15F3N2O2S2. The van der Waals surface area contributed by atoms with Gasteiger partial charge >= 0.3 is 6.18 Å². The van der Waals surface area contributed by atoms with Gasteiger partial charge < -0.3 is 5.73 Å². The molecule has 0 aliphatic rings. The van der Waals surface area contributed by atoms with E-state index >= 15 is 0 Å². The van der Waals surface area contributed by atoms with Crippen LogP contribution in [-0.4, -0.2) is 19.2 Å². The fourth-order valence-corrected chi connectivity index (χ4v) is 3.06. The Hall–Kier alpha value is -1.35. The minimum Gasteiger partial charge on any atom is -0.389 e. The summed E-state index contributed by atoms with van der Waals surface area (Å²) < 4.78 is 64.3. The van der Waals surface area contributed by atoms with Crippen LogP contribution in [0.15, 0.2) is 18.2 Å². The summed E-state index contributed by atoms with van der Waals surface area (Å²) in [7, 11) is -3.67. The van der Waals surface area contributed by atoms with E-state index in [0.717, 1.165) is 6.07 Å². The highest BCUT2D eigenvalue weighted by Crippen LogP contribution is 2.34. The molecule has 0 fully saturated rings. The van der Waals surface area contributed by atoms with Crippen molar-refractivity contribution in [2.75, 3.05) is 10.5 Å². The van der Waals surface area contributed by atoms with Crippen LogP contribution in [-0.2, 0) is 16.2 Å². The molecule has 3 N–H and O–H groups in total. The summed E-state index contributed by atoms with van der Waals surface area (Å²) in [5.74, 6) is -0.151. The topological polar surface area (TPSA) is 72.2 Å². The van der Waals surface area contributed by atoms with Crippen molar-refractivity contribution in [1.29, 1.82) is 0 Å². The van der Waals surface area contributed by atoms with Crippen molar-refractivity contribution in [3.8, 4) is 0 Å². The van der Waals surface area contributed by atoms with Crippen LogP contribution in [0.1, 0.15) is 30.9 Å². The average molecular weight is 340 g/mol. The summed E-state index contributed by atoms with van der Waals surface area (Å²) in [5.41, 5.74) is 3.68. The lowest BCUT2D eigenvalue weighted by atomic mass is 10.1. The third-order valence-electron chi connectivity index (χ3n) is 2.63. The molecule has 0 spiro atoms. The zero-order chi connectivity index (χ0) is 16.3. The molecule has 4 nitrogen and oxygen atoms in total. The van der Waals surface area contributed by atoms with Gasteiger partial charge in [0.1, 0.15) is 4.99 Å². The van der Waals surface area contributed by atoms with Gasteiger partial charge in [-0.1, -0.05) is 25.6 Å². The number of nitrogens with two attached hydrogens (primary N) is 1. The zero-order valence-corrected chi connectivity index (χ0v) is 12.8. The van der Waals surface area contributed by atoms with Crippen LogP contribution in [0, 0.1) is 0 Å². The Balaban J connectivity index is 3.15. The number of hydrogen-bond acceptors (Lipinski definition) is 3. The first-order valence-electron chi connectivity index (χ1n) is 6.08. The SMILES string of the molecule is CCCCS(=O)(=O)Nc1ccc(C(N)=S)c(C(F)(F)F)c1. The highest BCUT2D eigenvalue weighted by atomic mass is 32.2. The normalized spacial score (nSPS) is 12.2. The summed E-state index contributed by atoms with van der Waals surface area (Å²) in [6.45, 7) is 1.81. The first-order chi connectivity index (χ1) is 9.57. The summed E-state index contributed by atoms with van der Waals surface area (Å²) in [5, 5.41) is 0. The molecule has 21 heavy (non-hydrogen) atoms. The quantitative estimate of drug-likeness (QED) is 0.781. The minimum absolute atomic E-state index is 0.151. The van der Waals surface area contributed by atoms with E-state index in [-0.39, 0.29) is 17.0 Å². The van der Waals surface area contributed by atoms with Crippen LogP contribution in [0.5, 0.6) is 0 Å². The number of hydrogen-bond donors (Lipinski definition) is 2. The summed E-state index contributed by atoms with van der Waals surface area (Å²) in [6, 6.07) is 2.95. The Morgan fingerprint density at radius 3 is 2.48 bits per heavy atom. The Labute approximate surface area is 126 Å². The zero-order valence-electron chi connectivity index (χ0n) is 11.2. The number of unbranched alkanes of at least 4 members (excludes halogenated alkanes) is 1. The molecule has 0 saturated heterocycles. The predicted octanol–water partition coefficient (Wildman–Crippen LogP) is 2.88. The van der Waals surface area contributed by atoms with E-state index in [1.807, 2.05) is 6.92 Å². The van der Waals surface area contributed by atoms with E-state index in [9.17, 15) is 21.6 Å². The highest BCUT2D eigenvalue weighted by Gasteiger charge is 2.34. The van der Waals surface area contributed by atoms with Crippen molar-refractivity contribution >= 4 is 32.9 Å². The van der Waals surface area contributed by atoms with Gasteiger partial charge in [0.15, 0.2) is 0 Å². The van der Waals surface area contributed by atoms with Crippen molar-refractivity contribution < 1.29 is 21.6 Å². The number of benzene rings is 1. The lowest BCUT2D eigenvalue weighted by Crippen LogP contribution is -2.20. The summed E-state index contributed by atoms with van der Waals surface area (Å²) in [6.07, 6.45) is -3.59. The first-order valence-corrected chi connectivity index (χ1v) is 8.14. The second-order valence-corrected chi connectivity index (χ2v) is 6.68. The molecule has 0 aliphatic heterocycles. The molecule has 118 valence electrons. The molecule has 0 atom stereocenters. The van der Waals surface area contributed by atoms with Gasteiger partial charge in [0, 0.05) is 11.3 Å². The van der Waals surface area contributed by atoms with Gasteiger partial charge in [0.25, 0.3) is 0 Å². The fraction of sp³-hybridized carbons (Fsp3) is 0.417. The maximum atomic E-state index is 12.9. The van der Waals surface area contributed by atoms with Gasteiger partial charge in [-0.05, 0) is 24.6 Å². The summed E-state index contributed by atoms with van der Waals surface area (Å²) >= 11 is 4.57. The van der Waals surface area contributed by atoms with Crippen molar-refractivity contribution in [2.45, 2.75) is 25.9 Å². The number of halogens is 3. The maximum Gasteiger partial charge on any atom is 0.417 e. The Bertz CT molecular complexity index is 628. The third-order valence-corrected chi connectivity index (χ3v) is 4.22. The monoisotopic (exact) mass is 340 g/mol. The van der Waals surface area contributed by atoms with Crippen LogP contribution in [0.4, 0.5) is 18.9 Å². The molecule has 0 bridgehead atoms. The molecule has 0 saturated carbocycles. The largest absolute Gasteiger partial charge is 0.417 e. The van der Waals surface area contributed by atoms with Gasteiger partial charge in [-0.2, -0.15) is 13.2 Å². The van der Waals surface area contributed by atoms with Gasteiger partial charge in [0.05, 0.1) is 11.3 Å². The van der Waals surface area contributed by atoms with Crippen molar-refractivity contribution in [2.24, 2.45) is 5.73 Å². The molecule has 0 radical (unpaired) electrons. The van der Waals surface area contributed by atoms with Gasteiger partial charge in [-0.25, -0.2) is 8.42 Å². The lowest BCUT2D eigenvalue weighted by molar-refractivity contribution is -0.137. The number of rotatable bonds is 6. The molecule has 9 heteroatoms. The average Bonchev–Trinajstić information content (AvgIpc) is 2.34. The van der Waals surface area contributed by atoms with E-state index in [2.05, 4.69) is 16.9 Å². The van der Waals surface area contributed by atoms with Gasteiger partial charge in [0.2, 0.25) is 10.0 Å². The van der Waals surface area contributed by atoms with Crippen LogP contribution in [0.2, 0.25) is 0 Å². The minimum atomic E-state index is -4.68. The summed E-state index contributed by atoms with van der Waals surface area (Å²) in [4.78, 5) is -0.400. The standard InChI is InChI=1S/C12H15F3N2O2S2/c1-2-3-6-21(18,19)17-8-4-5-9(11(16)20)10(7-8)12(13,14)15/h4-5,7,17H,2-3,6H2,1H3,(H2,16,20). The second kappa shape index (κ2) is 6.61. The molecule has 1 aromatic rings. The van der Waals surface area contributed by atoms with Crippen molar-refractivity contribution in [3.63, 3.8) is 0 Å². The van der Waals surface area contributed by atoms with Crippen molar-refractivity contribution in [3.05, 3.63) is 29.3 Å². The number of nitrogens with one attached hydrogen (secondary N) is 1. The van der Waals surface area contributed by atoms with Gasteiger partial charge in [-0.3, -0.25) is 4.72 Å². The Morgan fingerprint density at radius 2 is 2.00 bits per heavy atom. The first kappa shape index (κ1) is 17.7. The Kier molecular flexibility index (Phi) is 5.57. The lowest BCUT2D eigenvalue weighted by Gasteiger charge is -2.14. The fourth-order valence-electron chi connectivity index (χ4n) is 1.62. The smallest absolute Gasteiger partial charge is 0.389 e. The van der Waals surface area contributed by atoms with Crippen LogP contribution in [0.25, 0.3) is 0 Å². The van der Waals surface area contributed by atoms with E-state index in [1.165, 1.54) is 6.07 Å². The number of alkyl halides is 3. The number of anilines is 1. The van der Waals surface area contributed by atoms with Crippen LogP contribution in [0.3, 0.4) is 0 Å². The van der Waals surface area contributed by atoms with E-state index in [0.29, 0.717) is 18.9 Å². The van der Waals surface area contributed by atoms with Gasteiger partial charge in [-0.15, -0.1) is 0 Å². The molecule has 1 rings (SSSR count). The second-order valence-electron chi connectivity index (χ2n) is 4.40. The van der Waals surface area contributed by atoms with E-state index in [4.69, 9.17) is 5.73 Å². The molecule has 0 aliphatic carbocycles. The molecule has 0 heterocycles. The Morgan fingerprint density at radius 1 is 1.38 bits per heavy atom. The number of thiocarbonyl (C=S) groups is 1. The molecular weight excluding hydrogens is 325 g/mol. The highest BCUT2D eigenvalue weighted by molar-refractivity contribution is 7.92. The molecule has 1 aromatic carbocycles. The molecule has 0 amide bonds. The van der Waals surface area contributed by atoms with Crippen LogP contribution < -0.4 is 10.5 Å². The molecule has 0 unspecified atom stereocenters. The van der Waals surface area contributed by atoms with E-state index in [1.54, 1.807) is 0 Å². The maximum absolute atomic E-state index is 12.9. The van der Waals surface area contributed by atoms with E-state index < -0.39 is 26.8 Å². The number of sulfonamides is 1. The third kappa shape index (κ3) is 5.16. The van der Waals surface area contributed by atoms with Crippen LogP contribution >= 0.6 is 12.2 Å². The van der Waals surface area contributed by atoms with Crippen molar-refractivity contribution in [1.82, 2.24) is 0 Å².